The number of nitrogens with one attached hydrogen (secondary N) is 1. The monoisotopic (exact) mass is 422 g/mol. The Hall–Kier alpha value is -2.12. The molecule has 28 heavy (non-hydrogen) atoms. The van der Waals surface area contributed by atoms with E-state index in [1.54, 1.807) is 0 Å². The van der Waals surface area contributed by atoms with Crippen LogP contribution in [-0.4, -0.2) is 53.1 Å². The zero-order valence-electron chi connectivity index (χ0n) is 15.3. The number of imidazole rings is 1. The quantitative estimate of drug-likeness (QED) is 0.675. The van der Waals surface area contributed by atoms with Crippen molar-refractivity contribution in [3.63, 3.8) is 0 Å². The number of morpholine rings is 1. The van der Waals surface area contributed by atoms with Crippen LogP contribution in [0.1, 0.15) is 16.8 Å². The Kier molecular flexibility index (Phi) is 7.83. The molecular weight excluding hydrogens is 399 g/mol. The summed E-state index contributed by atoms with van der Waals surface area (Å²) in [7, 11) is 0. The van der Waals surface area contributed by atoms with Crippen molar-refractivity contribution in [1.82, 2.24) is 14.9 Å². The Morgan fingerprint density at radius 1 is 1.21 bits per heavy atom. The SMILES string of the molecule is Cl.Cl.NCCC1CN(C(=O)c2cccc(-c3nc4ccccc4[nH]3)c2)CCO1. The van der Waals surface area contributed by atoms with Gasteiger partial charge in [0, 0.05) is 24.2 Å². The third-order valence-corrected chi connectivity index (χ3v) is 4.69. The van der Waals surface area contributed by atoms with E-state index in [0.29, 0.717) is 31.8 Å². The number of hydrogen-bond donors (Lipinski definition) is 2. The highest BCUT2D eigenvalue weighted by atomic mass is 35.5. The molecule has 1 atom stereocenters. The molecule has 1 aromatic heterocycles. The average Bonchev–Trinajstić information content (AvgIpc) is 3.12. The van der Waals surface area contributed by atoms with E-state index in [4.69, 9.17) is 10.5 Å². The third-order valence-electron chi connectivity index (χ3n) is 4.69. The molecule has 0 saturated carbocycles. The van der Waals surface area contributed by atoms with Gasteiger partial charge in [0.15, 0.2) is 0 Å². The number of rotatable bonds is 4. The van der Waals surface area contributed by atoms with Gasteiger partial charge in [-0.05, 0) is 37.2 Å². The van der Waals surface area contributed by atoms with Gasteiger partial charge in [0.2, 0.25) is 0 Å². The molecule has 1 amide bonds. The summed E-state index contributed by atoms with van der Waals surface area (Å²) in [5.41, 5.74) is 9.08. The van der Waals surface area contributed by atoms with Gasteiger partial charge in [-0.1, -0.05) is 24.3 Å². The molecule has 1 aliphatic heterocycles. The van der Waals surface area contributed by atoms with Crippen molar-refractivity contribution in [2.24, 2.45) is 5.73 Å². The van der Waals surface area contributed by atoms with Crippen molar-refractivity contribution in [2.45, 2.75) is 12.5 Å². The van der Waals surface area contributed by atoms with E-state index in [2.05, 4.69) is 9.97 Å². The van der Waals surface area contributed by atoms with E-state index >= 15 is 0 Å². The molecule has 2 aromatic carbocycles. The first-order valence-electron chi connectivity index (χ1n) is 8.91. The van der Waals surface area contributed by atoms with E-state index in [1.165, 1.54) is 0 Å². The van der Waals surface area contributed by atoms with E-state index in [-0.39, 0.29) is 36.8 Å². The number of aromatic amines is 1. The zero-order valence-corrected chi connectivity index (χ0v) is 17.0. The van der Waals surface area contributed by atoms with Crippen LogP contribution < -0.4 is 5.73 Å². The predicted molar refractivity (Wildman–Crippen MR) is 115 cm³/mol. The molecule has 1 saturated heterocycles. The number of fused-ring (bicyclic) bond motifs is 1. The molecule has 1 aliphatic rings. The van der Waals surface area contributed by atoms with Crippen LogP contribution in [0.2, 0.25) is 0 Å². The molecule has 0 spiro atoms. The molecule has 0 bridgehead atoms. The number of benzene rings is 2. The Labute approximate surface area is 176 Å². The molecule has 2 heterocycles. The minimum Gasteiger partial charge on any atom is -0.374 e. The summed E-state index contributed by atoms with van der Waals surface area (Å²) in [6.07, 6.45) is 0.791. The maximum Gasteiger partial charge on any atom is 0.254 e. The molecule has 0 radical (unpaired) electrons. The summed E-state index contributed by atoms with van der Waals surface area (Å²) in [5, 5.41) is 0. The predicted octanol–water partition coefficient (Wildman–Crippen LogP) is 3.26. The summed E-state index contributed by atoms with van der Waals surface area (Å²) < 4.78 is 5.67. The van der Waals surface area contributed by atoms with Gasteiger partial charge in [-0.3, -0.25) is 4.79 Å². The summed E-state index contributed by atoms with van der Waals surface area (Å²) in [5.74, 6) is 0.789. The number of nitrogens with two attached hydrogens (primary N) is 1. The standard InChI is InChI=1S/C20H22N4O2.2ClH/c21-9-8-16-13-24(10-11-26-16)20(25)15-5-3-4-14(12-15)19-22-17-6-1-2-7-18(17)23-19;;/h1-7,12,16H,8-11,13,21H2,(H,22,23);2*1H. The molecule has 3 aromatic rings. The summed E-state index contributed by atoms with van der Waals surface area (Å²) in [6.45, 7) is 2.31. The van der Waals surface area contributed by atoms with E-state index in [9.17, 15) is 4.79 Å². The smallest absolute Gasteiger partial charge is 0.254 e. The maximum atomic E-state index is 12.9. The van der Waals surface area contributed by atoms with Crippen LogP contribution in [0, 0.1) is 0 Å². The lowest BCUT2D eigenvalue weighted by Gasteiger charge is -2.33. The van der Waals surface area contributed by atoms with Crippen LogP contribution >= 0.6 is 24.8 Å². The van der Waals surface area contributed by atoms with Gasteiger partial charge in [-0.15, -0.1) is 24.8 Å². The fourth-order valence-electron chi connectivity index (χ4n) is 3.34. The Morgan fingerprint density at radius 2 is 2.04 bits per heavy atom. The van der Waals surface area contributed by atoms with Gasteiger partial charge < -0.3 is 20.4 Å². The fraction of sp³-hybridized carbons (Fsp3) is 0.300. The van der Waals surface area contributed by atoms with E-state index < -0.39 is 0 Å². The first kappa shape index (κ1) is 22.2. The fourth-order valence-corrected chi connectivity index (χ4v) is 3.34. The molecule has 1 fully saturated rings. The van der Waals surface area contributed by atoms with Crippen LogP contribution in [0.5, 0.6) is 0 Å². The van der Waals surface area contributed by atoms with Crippen LogP contribution in [0.15, 0.2) is 48.5 Å². The van der Waals surface area contributed by atoms with E-state index in [0.717, 1.165) is 28.8 Å². The first-order chi connectivity index (χ1) is 12.7. The van der Waals surface area contributed by atoms with Crippen molar-refractivity contribution >= 4 is 41.8 Å². The number of aromatic nitrogens is 2. The average molecular weight is 423 g/mol. The molecular formula is C20H24Cl2N4O2. The van der Waals surface area contributed by atoms with Crippen molar-refractivity contribution in [1.29, 1.82) is 0 Å². The van der Waals surface area contributed by atoms with Crippen molar-refractivity contribution in [2.75, 3.05) is 26.2 Å². The highest BCUT2D eigenvalue weighted by Crippen LogP contribution is 2.22. The second-order valence-corrected chi connectivity index (χ2v) is 6.50. The molecule has 1 unspecified atom stereocenters. The number of para-hydroxylation sites is 2. The Balaban J connectivity index is 0.00000140. The normalized spacial score (nSPS) is 16.3. The minimum atomic E-state index is 0. The van der Waals surface area contributed by atoms with Crippen LogP contribution in [0.4, 0.5) is 0 Å². The maximum absolute atomic E-state index is 12.9. The van der Waals surface area contributed by atoms with Crippen LogP contribution in [0.3, 0.4) is 0 Å². The third kappa shape index (κ3) is 4.64. The van der Waals surface area contributed by atoms with Crippen molar-refractivity contribution in [3.05, 3.63) is 54.1 Å². The van der Waals surface area contributed by atoms with Crippen molar-refractivity contribution in [3.8, 4) is 11.4 Å². The molecule has 6 nitrogen and oxygen atoms in total. The van der Waals surface area contributed by atoms with Crippen molar-refractivity contribution < 1.29 is 9.53 Å². The zero-order chi connectivity index (χ0) is 17.9. The summed E-state index contributed by atoms with van der Waals surface area (Å²) in [6, 6.07) is 15.5. The lowest BCUT2D eigenvalue weighted by molar-refractivity contribution is -0.0236. The largest absolute Gasteiger partial charge is 0.374 e. The first-order valence-corrected chi connectivity index (χ1v) is 8.91. The topological polar surface area (TPSA) is 84.2 Å². The number of nitrogens with zero attached hydrogens (tertiary/aromatic N) is 2. The molecule has 8 heteroatoms. The second-order valence-electron chi connectivity index (χ2n) is 6.50. The number of carbonyl (C=O) groups excluding carboxylic acids is 1. The van der Waals surface area contributed by atoms with E-state index in [1.807, 2.05) is 53.4 Å². The van der Waals surface area contributed by atoms with Crippen LogP contribution in [-0.2, 0) is 4.74 Å². The molecule has 0 aliphatic carbocycles. The summed E-state index contributed by atoms with van der Waals surface area (Å²) >= 11 is 0. The number of H-pyrrole nitrogens is 1. The Bertz CT molecular complexity index is 896. The number of hydrogen-bond acceptors (Lipinski definition) is 4. The highest BCUT2D eigenvalue weighted by molar-refractivity contribution is 5.95. The van der Waals surface area contributed by atoms with Gasteiger partial charge in [0.25, 0.3) is 5.91 Å². The van der Waals surface area contributed by atoms with Crippen LogP contribution in [0.25, 0.3) is 22.4 Å². The summed E-state index contributed by atoms with van der Waals surface area (Å²) in [4.78, 5) is 22.7. The number of carbonyl (C=O) groups is 1. The van der Waals surface area contributed by atoms with Gasteiger partial charge in [0.05, 0.1) is 23.7 Å². The second kappa shape index (κ2) is 9.89. The van der Waals surface area contributed by atoms with Gasteiger partial charge in [0.1, 0.15) is 5.82 Å². The minimum absolute atomic E-state index is 0. The van der Waals surface area contributed by atoms with Gasteiger partial charge >= 0.3 is 0 Å². The lowest BCUT2D eigenvalue weighted by Crippen LogP contribution is -2.46. The molecule has 4 rings (SSSR count). The molecule has 150 valence electrons. The van der Waals surface area contributed by atoms with Gasteiger partial charge in [-0.25, -0.2) is 4.98 Å². The number of halogens is 2. The lowest BCUT2D eigenvalue weighted by atomic mass is 10.1. The number of amides is 1. The Morgan fingerprint density at radius 3 is 2.82 bits per heavy atom. The number of ether oxygens (including phenoxy) is 1. The van der Waals surface area contributed by atoms with Gasteiger partial charge in [-0.2, -0.15) is 0 Å². The highest BCUT2D eigenvalue weighted by Gasteiger charge is 2.24. The molecule has 3 N–H and O–H groups in total.